The third-order valence-electron chi connectivity index (χ3n) is 6.13. The van der Waals surface area contributed by atoms with E-state index in [-0.39, 0.29) is 24.0 Å². The molecule has 0 heterocycles. The maximum Gasteiger partial charge on any atom is 0.258 e. The van der Waals surface area contributed by atoms with Crippen molar-refractivity contribution in [2.45, 2.75) is 71.8 Å². The van der Waals surface area contributed by atoms with Crippen LogP contribution in [0.2, 0.25) is 0 Å². The van der Waals surface area contributed by atoms with Gasteiger partial charge in [0.05, 0.1) is 0 Å². The molecule has 2 aliphatic rings. The molecule has 3 heteroatoms. The Morgan fingerprint density at radius 1 is 1.28 bits per heavy atom. The SMILES string of the molecule is Cc1ccc(OCC(=O)N[C@H](C)[C@H]2C[C@@H]3CC[C@H]2C3)c(C(C)(C)C)c1. The van der Waals surface area contributed by atoms with Crippen LogP contribution < -0.4 is 10.1 Å². The van der Waals surface area contributed by atoms with Gasteiger partial charge in [0.2, 0.25) is 0 Å². The summed E-state index contributed by atoms with van der Waals surface area (Å²) in [6.45, 7) is 10.9. The van der Waals surface area contributed by atoms with E-state index in [0.29, 0.717) is 5.92 Å². The lowest BCUT2D eigenvalue weighted by atomic mass is 9.84. The number of hydrogen-bond donors (Lipinski definition) is 1. The summed E-state index contributed by atoms with van der Waals surface area (Å²) in [5, 5.41) is 3.18. The standard InChI is InChI=1S/C22H33NO2/c1-14-6-9-20(19(10-14)22(3,4)5)25-13-21(24)23-15(2)18-12-16-7-8-17(18)11-16/h6,9-10,15-18H,7-8,11-13H2,1-5H3,(H,23,24)/t15-,16-,17+,18-/m1/s1. The molecule has 1 amide bonds. The van der Waals surface area contributed by atoms with Gasteiger partial charge in [0.25, 0.3) is 5.91 Å². The van der Waals surface area contributed by atoms with E-state index in [4.69, 9.17) is 4.74 Å². The highest BCUT2D eigenvalue weighted by Crippen LogP contribution is 2.49. The average Bonchev–Trinajstić information content (AvgIpc) is 3.15. The monoisotopic (exact) mass is 343 g/mol. The number of fused-ring (bicyclic) bond motifs is 2. The van der Waals surface area contributed by atoms with E-state index >= 15 is 0 Å². The molecule has 4 atom stereocenters. The van der Waals surface area contributed by atoms with Crippen molar-refractivity contribution < 1.29 is 9.53 Å². The van der Waals surface area contributed by atoms with Crippen LogP contribution in [0, 0.1) is 24.7 Å². The van der Waals surface area contributed by atoms with Gasteiger partial charge < -0.3 is 10.1 Å². The average molecular weight is 344 g/mol. The van der Waals surface area contributed by atoms with Gasteiger partial charge in [0, 0.05) is 6.04 Å². The van der Waals surface area contributed by atoms with Crippen molar-refractivity contribution in [3.63, 3.8) is 0 Å². The van der Waals surface area contributed by atoms with E-state index in [1.165, 1.54) is 31.2 Å². The summed E-state index contributed by atoms with van der Waals surface area (Å²) >= 11 is 0. The zero-order valence-corrected chi connectivity index (χ0v) is 16.4. The van der Waals surface area contributed by atoms with E-state index < -0.39 is 0 Å². The van der Waals surface area contributed by atoms with Crippen LogP contribution in [0.4, 0.5) is 0 Å². The molecule has 1 aromatic carbocycles. The molecule has 0 aromatic heterocycles. The minimum absolute atomic E-state index is 0.00397. The lowest BCUT2D eigenvalue weighted by Gasteiger charge is -2.28. The fraction of sp³-hybridized carbons (Fsp3) is 0.682. The molecule has 0 unspecified atom stereocenters. The first-order valence-electron chi connectivity index (χ1n) is 9.77. The highest BCUT2D eigenvalue weighted by molar-refractivity contribution is 5.77. The maximum atomic E-state index is 12.4. The highest BCUT2D eigenvalue weighted by Gasteiger charge is 2.42. The highest BCUT2D eigenvalue weighted by atomic mass is 16.5. The minimum atomic E-state index is -0.00575. The number of carbonyl (C=O) groups excluding carboxylic acids is 1. The van der Waals surface area contributed by atoms with Crippen LogP contribution in [0.25, 0.3) is 0 Å². The molecule has 2 bridgehead atoms. The summed E-state index contributed by atoms with van der Waals surface area (Å²) in [6, 6.07) is 6.44. The number of carbonyl (C=O) groups is 1. The normalized spacial score (nSPS) is 26.5. The van der Waals surface area contributed by atoms with Crippen molar-refractivity contribution in [1.82, 2.24) is 5.32 Å². The summed E-state index contributed by atoms with van der Waals surface area (Å²) in [7, 11) is 0. The van der Waals surface area contributed by atoms with Crippen LogP contribution in [0.1, 0.15) is 64.5 Å². The molecule has 3 nitrogen and oxygen atoms in total. The fourth-order valence-electron chi connectivity index (χ4n) is 4.81. The second-order valence-electron chi connectivity index (χ2n) is 9.23. The molecule has 0 saturated heterocycles. The third-order valence-corrected chi connectivity index (χ3v) is 6.13. The fourth-order valence-corrected chi connectivity index (χ4v) is 4.81. The minimum Gasteiger partial charge on any atom is -0.483 e. The first-order chi connectivity index (χ1) is 11.7. The number of nitrogens with one attached hydrogen (secondary N) is 1. The van der Waals surface area contributed by atoms with Crippen molar-refractivity contribution in [3.05, 3.63) is 29.3 Å². The first-order valence-corrected chi connectivity index (χ1v) is 9.77. The van der Waals surface area contributed by atoms with E-state index in [9.17, 15) is 4.79 Å². The predicted octanol–water partition coefficient (Wildman–Crippen LogP) is 4.61. The Hall–Kier alpha value is -1.51. The lowest BCUT2D eigenvalue weighted by Crippen LogP contribution is -2.42. The Bertz CT molecular complexity index is 631. The van der Waals surface area contributed by atoms with Gasteiger partial charge in [-0.1, -0.05) is 44.9 Å². The number of benzene rings is 1. The van der Waals surface area contributed by atoms with Gasteiger partial charge in [-0.2, -0.15) is 0 Å². The van der Waals surface area contributed by atoms with Crippen LogP contribution in [0.5, 0.6) is 5.75 Å². The number of rotatable bonds is 5. The van der Waals surface area contributed by atoms with Crippen LogP contribution in [0.3, 0.4) is 0 Å². The quantitative estimate of drug-likeness (QED) is 0.847. The second-order valence-corrected chi connectivity index (χ2v) is 9.23. The van der Waals surface area contributed by atoms with Gasteiger partial charge in [0.15, 0.2) is 6.61 Å². The molecule has 1 aromatic rings. The Kier molecular flexibility index (Phi) is 5.13. The van der Waals surface area contributed by atoms with Crippen molar-refractivity contribution in [1.29, 1.82) is 0 Å². The summed E-state index contributed by atoms with van der Waals surface area (Å²) in [6.07, 6.45) is 5.41. The molecule has 2 fully saturated rings. The van der Waals surface area contributed by atoms with Crippen molar-refractivity contribution >= 4 is 5.91 Å². The van der Waals surface area contributed by atoms with E-state index in [2.05, 4.69) is 46.0 Å². The van der Waals surface area contributed by atoms with Gasteiger partial charge in [-0.15, -0.1) is 0 Å². The predicted molar refractivity (Wildman–Crippen MR) is 102 cm³/mol. The smallest absolute Gasteiger partial charge is 0.258 e. The number of ether oxygens (including phenoxy) is 1. The second kappa shape index (κ2) is 7.01. The molecule has 1 N–H and O–H groups in total. The molecule has 0 radical (unpaired) electrons. The summed E-state index contributed by atoms with van der Waals surface area (Å²) < 4.78 is 5.89. The molecule has 2 saturated carbocycles. The molecular weight excluding hydrogens is 310 g/mol. The summed E-state index contributed by atoms with van der Waals surface area (Å²) in [5.74, 6) is 3.21. The van der Waals surface area contributed by atoms with Gasteiger partial charge in [0.1, 0.15) is 5.75 Å². The van der Waals surface area contributed by atoms with Crippen LogP contribution in [-0.2, 0) is 10.2 Å². The molecule has 138 valence electrons. The van der Waals surface area contributed by atoms with Gasteiger partial charge in [-0.25, -0.2) is 0 Å². The van der Waals surface area contributed by atoms with Crippen molar-refractivity contribution in [3.8, 4) is 5.75 Å². The zero-order valence-electron chi connectivity index (χ0n) is 16.4. The zero-order chi connectivity index (χ0) is 18.2. The van der Waals surface area contributed by atoms with Gasteiger partial charge >= 0.3 is 0 Å². The summed E-state index contributed by atoms with van der Waals surface area (Å²) in [5.41, 5.74) is 2.36. The van der Waals surface area contributed by atoms with Crippen LogP contribution in [-0.4, -0.2) is 18.6 Å². The van der Waals surface area contributed by atoms with Crippen molar-refractivity contribution in [2.75, 3.05) is 6.61 Å². The van der Waals surface area contributed by atoms with E-state index in [1.807, 2.05) is 12.1 Å². The van der Waals surface area contributed by atoms with Gasteiger partial charge in [-0.3, -0.25) is 4.79 Å². The molecule has 2 aliphatic carbocycles. The largest absolute Gasteiger partial charge is 0.483 e. The number of amides is 1. The Morgan fingerprint density at radius 2 is 2.04 bits per heavy atom. The topological polar surface area (TPSA) is 38.3 Å². The molecule has 0 aliphatic heterocycles. The molecule has 25 heavy (non-hydrogen) atoms. The Labute approximate surface area is 152 Å². The number of hydrogen-bond acceptors (Lipinski definition) is 2. The maximum absolute atomic E-state index is 12.4. The third kappa shape index (κ3) is 4.19. The lowest BCUT2D eigenvalue weighted by molar-refractivity contribution is -0.124. The van der Waals surface area contributed by atoms with E-state index in [0.717, 1.165) is 23.1 Å². The van der Waals surface area contributed by atoms with Crippen LogP contribution >= 0.6 is 0 Å². The van der Waals surface area contributed by atoms with Crippen LogP contribution in [0.15, 0.2) is 18.2 Å². The van der Waals surface area contributed by atoms with E-state index in [1.54, 1.807) is 0 Å². The van der Waals surface area contributed by atoms with Gasteiger partial charge in [-0.05, 0) is 67.9 Å². The molecule has 3 rings (SSSR count). The Balaban J connectivity index is 1.56. The summed E-state index contributed by atoms with van der Waals surface area (Å²) in [4.78, 5) is 12.4. The Morgan fingerprint density at radius 3 is 2.64 bits per heavy atom. The first kappa shape index (κ1) is 18.3. The number of aryl methyl sites for hydroxylation is 1. The molecule has 0 spiro atoms. The molecular formula is C22H33NO2. The van der Waals surface area contributed by atoms with Crippen molar-refractivity contribution in [2.24, 2.45) is 17.8 Å².